The first kappa shape index (κ1) is 17.8. The topological polar surface area (TPSA) is 70.4 Å². The van der Waals surface area contributed by atoms with Gasteiger partial charge in [-0.15, -0.1) is 0 Å². The Kier molecular flexibility index (Phi) is 5.40. The van der Waals surface area contributed by atoms with Gasteiger partial charge in [-0.05, 0) is 42.0 Å². The zero-order chi connectivity index (χ0) is 18.5. The molecule has 1 heterocycles. The van der Waals surface area contributed by atoms with Gasteiger partial charge in [-0.2, -0.15) is 5.26 Å². The number of para-hydroxylation sites is 1. The summed E-state index contributed by atoms with van der Waals surface area (Å²) in [6, 6.07) is 16.7. The van der Waals surface area contributed by atoms with Crippen LogP contribution in [0.3, 0.4) is 0 Å². The van der Waals surface area contributed by atoms with E-state index in [1.807, 2.05) is 43.3 Å². The van der Waals surface area contributed by atoms with Crippen LogP contribution in [0.5, 0.6) is 5.75 Å². The molecule has 1 aliphatic rings. The Morgan fingerprint density at radius 3 is 2.65 bits per heavy atom. The average Bonchev–Trinajstić information content (AvgIpc) is 2.90. The maximum absolute atomic E-state index is 12.7. The van der Waals surface area contributed by atoms with E-state index in [-0.39, 0.29) is 24.3 Å². The molecule has 0 unspecified atom stereocenters. The zero-order valence-electron chi connectivity index (χ0n) is 14.1. The number of nitrogens with zero attached hydrogens (tertiary/aromatic N) is 2. The molecule has 1 aliphatic heterocycles. The predicted octanol–water partition coefficient (Wildman–Crippen LogP) is 4.13. The van der Waals surface area contributed by atoms with Crippen LogP contribution in [0.4, 0.5) is 4.79 Å². The molecule has 0 bridgehead atoms. The number of carbonyl (C=O) groups excluding carboxylic acids is 2. The number of aryl methyl sites for hydroxylation is 1. The lowest BCUT2D eigenvalue weighted by atomic mass is 10.1. The Labute approximate surface area is 155 Å². The second-order valence-electron chi connectivity index (χ2n) is 5.68. The van der Waals surface area contributed by atoms with Crippen LogP contribution in [-0.2, 0) is 11.3 Å². The van der Waals surface area contributed by atoms with Crippen LogP contribution < -0.4 is 4.74 Å². The van der Waals surface area contributed by atoms with E-state index < -0.39 is 0 Å². The van der Waals surface area contributed by atoms with Crippen molar-refractivity contribution in [3.8, 4) is 11.8 Å². The number of imide groups is 1. The summed E-state index contributed by atoms with van der Waals surface area (Å²) >= 11 is 0.912. The van der Waals surface area contributed by atoms with Gasteiger partial charge in [0.1, 0.15) is 11.8 Å². The van der Waals surface area contributed by atoms with Crippen LogP contribution >= 0.6 is 11.8 Å². The second-order valence-corrected chi connectivity index (χ2v) is 6.67. The fourth-order valence-electron chi connectivity index (χ4n) is 2.58. The second kappa shape index (κ2) is 7.89. The van der Waals surface area contributed by atoms with Crippen LogP contribution in [0.1, 0.15) is 16.7 Å². The van der Waals surface area contributed by atoms with Crippen molar-refractivity contribution in [3.05, 3.63) is 70.1 Å². The summed E-state index contributed by atoms with van der Waals surface area (Å²) in [4.78, 5) is 26.6. The number of benzene rings is 2. The van der Waals surface area contributed by atoms with E-state index >= 15 is 0 Å². The summed E-state index contributed by atoms with van der Waals surface area (Å²) in [7, 11) is 0. The fourth-order valence-corrected chi connectivity index (χ4v) is 3.41. The van der Waals surface area contributed by atoms with E-state index in [0.717, 1.165) is 22.9 Å². The molecule has 6 heteroatoms. The normalized spacial score (nSPS) is 15.4. The summed E-state index contributed by atoms with van der Waals surface area (Å²) in [5.74, 6) is 0.179. The standard InChI is InChI=1S/C20H16N2O3S/c1-14-6-2-3-8-16(14)13-22-19(23)18(26-20(22)24)12-15-7-4-5-9-17(15)25-11-10-21/h2-9,12H,11,13H2,1H3/b18-12-. The Bertz CT molecular complexity index is 931. The lowest BCUT2D eigenvalue weighted by Gasteiger charge is -2.14. The molecule has 5 nitrogen and oxygen atoms in total. The van der Waals surface area contributed by atoms with E-state index in [9.17, 15) is 9.59 Å². The molecule has 2 aromatic rings. The zero-order valence-corrected chi connectivity index (χ0v) is 15.0. The highest BCUT2D eigenvalue weighted by Crippen LogP contribution is 2.35. The third kappa shape index (κ3) is 3.79. The maximum Gasteiger partial charge on any atom is 0.293 e. The van der Waals surface area contributed by atoms with E-state index in [0.29, 0.717) is 16.2 Å². The minimum Gasteiger partial charge on any atom is -0.478 e. The Morgan fingerprint density at radius 2 is 1.88 bits per heavy atom. The highest BCUT2D eigenvalue weighted by Gasteiger charge is 2.35. The molecule has 0 aromatic heterocycles. The van der Waals surface area contributed by atoms with Crippen LogP contribution in [-0.4, -0.2) is 22.7 Å². The number of rotatable bonds is 5. The van der Waals surface area contributed by atoms with Crippen LogP contribution in [0.2, 0.25) is 0 Å². The van der Waals surface area contributed by atoms with Gasteiger partial charge in [0.05, 0.1) is 11.4 Å². The molecule has 0 aliphatic carbocycles. The van der Waals surface area contributed by atoms with Gasteiger partial charge < -0.3 is 4.74 Å². The molecule has 26 heavy (non-hydrogen) atoms. The minimum atomic E-state index is -0.321. The first-order chi connectivity index (χ1) is 12.6. The molecule has 2 amide bonds. The summed E-state index contributed by atoms with van der Waals surface area (Å²) in [5, 5.41) is 8.39. The van der Waals surface area contributed by atoms with E-state index in [1.54, 1.807) is 24.3 Å². The molecule has 3 rings (SSSR count). The highest BCUT2D eigenvalue weighted by atomic mass is 32.2. The molecule has 0 atom stereocenters. The molecule has 0 N–H and O–H groups in total. The predicted molar refractivity (Wildman–Crippen MR) is 100 cm³/mol. The smallest absolute Gasteiger partial charge is 0.293 e. The molecular weight excluding hydrogens is 348 g/mol. The summed E-state index contributed by atoms with van der Waals surface area (Å²) in [5.41, 5.74) is 2.63. The van der Waals surface area contributed by atoms with E-state index in [1.165, 1.54) is 4.90 Å². The maximum atomic E-state index is 12.7. The number of thioether (sulfide) groups is 1. The number of amides is 2. The van der Waals surface area contributed by atoms with Gasteiger partial charge >= 0.3 is 0 Å². The first-order valence-electron chi connectivity index (χ1n) is 7.99. The van der Waals surface area contributed by atoms with Gasteiger partial charge in [0, 0.05) is 5.56 Å². The van der Waals surface area contributed by atoms with E-state index in [2.05, 4.69) is 0 Å². The third-order valence-electron chi connectivity index (χ3n) is 3.96. The largest absolute Gasteiger partial charge is 0.478 e. The van der Waals surface area contributed by atoms with Crippen molar-refractivity contribution < 1.29 is 14.3 Å². The summed E-state index contributed by atoms with van der Waals surface area (Å²) in [6.07, 6.45) is 1.63. The van der Waals surface area contributed by atoms with Crippen LogP contribution in [0.25, 0.3) is 6.08 Å². The van der Waals surface area contributed by atoms with Gasteiger partial charge in [-0.3, -0.25) is 14.5 Å². The molecular formula is C20H16N2O3S. The van der Waals surface area contributed by atoms with Gasteiger partial charge in [0.25, 0.3) is 11.1 Å². The highest BCUT2D eigenvalue weighted by molar-refractivity contribution is 8.18. The van der Waals surface area contributed by atoms with Crippen molar-refractivity contribution in [2.45, 2.75) is 13.5 Å². The first-order valence-corrected chi connectivity index (χ1v) is 8.80. The number of hydrogen-bond donors (Lipinski definition) is 0. The monoisotopic (exact) mass is 364 g/mol. The molecule has 0 radical (unpaired) electrons. The lowest BCUT2D eigenvalue weighted by Crippen LogP contribution is -2.27. The van der Waals surface area contributed by atoms with Gasteiger partial charge in [0.15, 0.2) is 6.61 Å². The van der Waals surface area contributed by atoms with Crippen LogP contribution in [0.15, 0.2) is 53.4 Å². The van der Waals surface area contributed by atoms with Crippen molar-refractivity contribution in [3.63, 3.8) is 0 Å². The molecule has 0 spiro atoms. The van der Waals surface area contributed by atoms with Crippen LogP contribution in [0, 0.1) is 18.3 Å². The molecule has 0 saturated carbocycles. The van der Waals surface area contributed by atoms with Gasteiger partial charge in [-0.1, -0.05) is 42.5 Å². The Morgan fingerprint density at radius 1 is 1.15 bits per heavy atom. The molecule has 130 valence electrons. The summed E-state index contributed by atoms with van der Waals surface area (Å²) in [6.45, 7) is 2.12. The summed E-state index contributed by atoms with van der Waals surface area (Å²) < 4.78 is 5.37. The van der Waals surface area contributed by atoms with Crippen molar-refractivity contribution in [2.24, 2.45) is 0 Å². The number of nitriles is 1. The Balaban J connectivity index is 1.84. The van der Waals surface area contributed by atoms with Crippen molar-refractivity contribution >= 4 is 29.0 Å². The van der Waals surface area contributed by atoms with E-state index in [4.69, 9.17) is 10.00 Å². The molecule has 1 fully saturated rings. The molecule has 1 saturated heterocycles. The van der Waals surface area contributed by atoms with Crippen molar-refractivity contribution in [1.29, 1.82) is 5.26 Å². The van der Waals surface area contributed by atoms with Crippen molar-refractivity contribution in [1.82, 2.24) is 4.90 Å². The van der Waals surface area contributed by atoms with Crippen molar-refractivity contribution in [2.75, 3.05) is 6.61 Å². The quantitative estimate of drug-likeness (QED) is 0.746. The number of carbonyl (C=O) groups is 2. The van der Waals surface area contributed by atoms with Gasteiger partial charge in [0.2, 0.25) is 0 Å². The third-order valence-corrected chi connectivity index (χ3v) is 4.87. The minimum absolute atomic E-state index is 0.0837. The average molecular weight is 364 g/mol. The number of hydrogen-bond acceptors (Lipinski definition) is 5. The lowest BCUT2D eigenvalue weighted by molar-refractivity contribution is -0.123. The SMILES string of the molecule is Cc1ccccc1CN1C(=O)S/C(=C\c2ccccc2OCC#N)C1=O. The number of ether oxygens (including phenoxy) is 1. The molecule has 2 aromatic carbocycles. The Hall–Kier alpha value is -3.04. The fraction of sp³-hybridized carbons (Fsp3) is 0.150. The van der Waals surface area contributed by atoms with Gasteiger partial charge in [-0.25, -0.2) is 0 Å².